The number of imidazole rings is 1. The Hall–Kier alpha value is -5.17. The summed E-state index contributed by atoms with van der Waals surface area (Å²) >= 11 is 0. The largest absolute Gasteiger partial charge is 0.497 e. The maximum Gasteiger partial charge on any atom is 0.186 e. The number of aromatic nitrogens is 2. The first-order valence-corrected chi connectivity index (χ1v) is 20.8. The molecule has 2 heterocycles. The molecule has 1 aromatic heterocycles. The predicted octanol–water partition coefficient (Wildman–Crippen LogP) is 8.30. The lowest BCUT2D eigenvalue weighted by Crippen LogP contribution is -2.61. The Labute approximate surface area is 354 Å². The standard InChI is InChI=1S/C50H57N3O7/c1-54-44-28-26-42(27-29-44)50(40-22-12-5-13-23-40,41-24-14-6-15-25-41)53-32-43(52-37-53)35-59-48-47(58-34-39-20-10-4-11-21-39)46(57-33-38-18-8-3-9-19-38)45(60-49(48)55-2)36-56-31-17-7-16-30-51/h3-6,8-15,18-29,32,37,45-49H,7,16-17,30-31,33-36,51H2,1-2H3/t45-,46-,47+,48-,49-/m1/s1. The van der Waals surface area contributed by atoms with Gasteiger partial charge in [0.1, 0.15) is 35.7 Å². The molecule has 1 aliphatic heterocycles. The van der Waals surface area contributed by atoms with Crippen LogP contribution in [0.5, 0.6) is 5.75 Å². The number of rotatable bonds is 22. The molecule has 60 heavy (non-hydrogen) atoms. The zero-order valence-corrected chi connectivity index (χ0v) is 34.6. The highest BCUT2D eigenvalue weighted by molar-refractivity contribution is 5.51. The van der Waals surface area contributed by atoms with E-state index in [0.29, 0.717) is 33.0 Å². The van der Waals surface area contributed by atoms with Gasteiger partial charge in [0.25, 0.3) is 0 Å². The van der Waals surface area contributed by atoms with Crippen molar-refractivity contribution in [3.8, 4) is 5.75 Å². The molecule has 314 valence electrons. The molecule has 1 saturated heterocycles. The van der Waals surface area contributed by atoms with Crippen LogP contribution in [-0.4, -0.2) is 74.2 Å². The summed E-state index contributed by atoms with van der Waals surface area (Å²) in [7, 11) is 3.31. The van der Waals surface area contributed by atoms with E-state index in [4.69, 9.17) is 43.9 Å². The van der Waals surface area contributed by atoms with E-state index in [-0.39, 0.29) is 6.61 Å². The van der Waals surface area contributed by atoms with Crippen molar-refractivity contribution in [2.75, 3.05) is 34.0 Å². The van der Waals surface area contributed by atoms with Crippen LogP contribution in [0.1, 0.15) is 52.8 Å². The molecule has 10 heteroatoms. The zero-order valence-electron chi connectivity index (χ0n) is 34.6. The first kappa shape index (κ1) is 42.9. The van der Waals surface area contributed by atoms with Crippen molar-refractivity contribution in [2.24, 2.45) is 5.73 Å². The fourth-order valence-corrected chi connectivity index (χ4v) is 7.97. The maximum atomic E-state index is 6.85. The molecule has 5 aromatic carbocycles. The molecule has 2 N–H and O–H groups in total. The van der Waals surface area contributed by atoms with E-state index in [9.17, 15) is 0 Å². The SMILES string of the molecule is COc1ccc(C(c2ccccc2)(c2ccccc2)n2cnc(CO[C@H]3[C@H](OC)O[C@H](COCCCCCN)[C@@H](OCc4ccccc4)[C@@H]3OCc3ccccc3)c2)cc1. The Morgan fingerprint density at radius 1 is 0.617 bits per heavy atom. The summed E-state index contributed by atoms with van der Waals surface area (Å²) in [4.78, 5) is 4.96. The molecule has 7 rings (SSSR count). The van der Waals surface area contributed by atoms with Crippen LogP contribution < -0.4 is 10.5 Å². The lowest BCUT2D eigenvalue weighted by molar-refractivity contribution is -0.323. The van der Waals surface area contributed by atoms with E-state index in [1.54, 1.807) is 14.2 Å². The van der Waals surface area contributed by atoms with Gasteiger partial charge in [-0.05, 0) is 65.8 Å². The Bertz CT molecular complexity index is 2060. The van der Waals surface area contributed by atoms with Gasteiger partial charge >= 0.3 is 0 Å². The molecule has 0 amide bonds. The Kier molecular flexibility index (Phi) is 15.7. The van der Waals surface area contributed by atoms with Crippen LogP contribution in [0.2, 0.25) is 0 Å². The third-order valence-corrected chi connectivity index (χ3v) is 11.0. The second kappa shape index (κ2) is 21.9. The van der Waals surface area contributed by atoms with Crippen molar-refractivity contribution in [3.63, 3.8) is 0 Å². The molecule has 0 unspecified atom stereocenters. The van der Waals surface area contributed by atoms with Gasteiger partial charge in [-0.2, -0.15) is 0 Å². The molecule has 0 spiro atoms. The monoisotopic (exact) mass is 811 g/mol. The minimum absolute atomic E-state index is 0.155. The van der Waals surface area contributed by atoms with Crippen LogP contribution in [-0.2, 0) is 53.8 Å². The van der Waals surface area contributed by atoms with E-state index >= 15 is 0 Å². The van der Waals surface area contributed by atoms with Crippen LogP contribution in [0.4, 0.5) is 0 Å². The van der Waals surface area contributed by atoms with E-state index in [1.807, 2.05) is 91.3 Å². The lowest BCUT2D eigenvalue weighted by Gasteiger charge is -2.45. The van der Waals surface area contributed by atoms with Crippen LogP contribution in [0, 0.1) is 0 Å². The number of methoxy groups -OCH3 is 2. The van der Waals surface area contributed by atoms with Crippen molar-refractivity contribution in [2.45, 2.75) is 75.3 Å². The van der Waals surface area contributed by atoms with Gasteiger partial charge in [0, 0.05) is 19.9 Å². The summed E-state index contributed by atoms with van der Waals surface area (Å²) in [6, 6.07) is 49.4. The van der Waals surface area contributed by atoms with Crippen molar-refractivity contribution in [1.29, 1.82) is 0 Å². The first-order chi connectivity index (χ1) is 29.6. The van der Waals surface area contributed by atoms with Crippen LogP contribution in [0.25, 0.3) is 0 Å². The second-order valence-electron chi connectivity index (χ2n) is 14.9. The number of hydrogen-bond acceptors (Lipinski definition) is 9. The van der Waals surface area contributed by atoms with E-state index < -0.39 is 36.2 Å². The van der Waals surface area contributed by atoms with E-state index in [2.05, 4.69) is 71.4 Å². The molecule has 5 atom stereocenters. The second-order valence-corrected chi connectivity index (χ2v) is 14.9. The van der Waals surface area contributed by atoms with Gasteiger partial charge < -0.3 is 43.5 Å². The summed E-state index contributed by atoms with van der Waals surface area (Å²) in [6.07, 6.45) is 3.72. The molecule has 1 aliphatic rings. The fourth-order valence-electron chi connectivity index (χ4n) is 7.97. The molecular weight excluding hydrogens is 755 g/mol. The summed E-state index contributed by atoms with van der Waals surface area (Å²) in [5, 5.41) is 0. The van der Waals surface area contributed by atoms with E-state index in [1.165, 1.54) is 0 Å². The van der Waals surface area contributed by atoms with Crippen LogP contribution in [0.15, 0.2) is 158 Å². The molecule has 6 aromatic rings. The molecule has 1 fully saturated rings. The topological polar surface area (TPSA) is 108 Å². The third-order valence-electron chi connectivity index (χ3n) is 11.0. The number of nitrogens with zero attached hydrogens (tertiary/aromatic N) is 2. The molecule has 0 aliphatic carbocycles. The average molecular weight is 812 g/mol. The normalized spacial score (nSPS) is 19.3. The highest BCUT2D eigenvalue weighted by Gasteiger charge is 2.49. The Morgan fingerprint density at radius 2 is 1.17 bits per heavy atom. The maximum absolute atomic E-state index is 6.85. The quantitative estimate of drug-likeness (QED) is 0.0535. The molecule has 0 saturated carbocycles. The Balaban J connectivity index is 1.20. The number of benzene rings is 5. The smallest absolute Gasteiger partial charge is 0.186 e. The number of hydrogen-bond donors (Lipinski definition) is 1. The van der Waals surface area contributed by atoms with Gasteiger partial charge in [-0.25, -0.2) is 4.98 Å². The summed E-state index contributed by atoms with van der Waals surface area (Å²) in [5.41, 5.74) is 10.9. The van der Waals surface area contributed by atoms with Gasteiger partial charge in [-0.15, -0.1) is 0 Å². The highest BCUT2D eigenvalue weighted by atomic mass is 16.7. The molecule has 10 nitrogen and oxygen atoms in total. The fraction of sp³-hybridized carbons (Fsp3) is 0.340. The lowest BCUT2D eigenvalue weighted by atomic mass is 9.76. The van der Waals surface area contributed by atoms with Gasteiger partial charge in [0.05, 0.1) is 45.6 Å². The van der Waals surface area contributed by atoms with Gasteiger partial charge in [0.2, 0.25) is 0 Å². The number of nitrogens with two attached hydrogens (primary N) is 1. The number of unbranched alkanes of at least 4 members (excludes halogenated alkanes) is 2. The van der Waals surface area contributed by atoms with Gasteiger partial charge in [0.15, 0.2) is 6.29 Å². The summed E-state index contributed by atoms with van der Waals surface area (Å²) in [5.74, 6) is 0.780. The van der Waals surface area contributed by atoms with Crippen LogP contribution in [0.3, 0.4) is 0 Å². The summed E-state index contributed by atoms with van der Waals surface area (Å²) < 4.78 is 47.1. The first-order valence-electron chi connectivity index (χ1n) is 20.8. The zero-order chi connectivity index (χ0) is 41.4. The highest BCUT2D eigenvalue weighted by Crippen LogP contribution is 2.41. The van der Waals surface area contributed by atoms with Crippen molar-refractivity contribution in [1.82, 2.24) is 9.55 Å². The third kappa shape index (κ3) is 10.4. The Morgan fingerprint density at radius 3 is 1.73 bits per heavy atom. The molecule has 0 bridgehead atoms. The van der Waals surface area contributed by atoms with E-state index in [0.717, 1.165) is 58.5 Å². The van der Waals surface area contributed by atoms with Crippen molar-refractivity contribution in [3.05, 3.63) is 192 Å². The van der Waals surface area contributed by atoms with Gasteiger partial charge in [-0.3, -0.25) is 0 Å². The summed E-state index contributed by atoms with van der Waals surface area (Å²) in [6.45, 7) is 2.41. The van der Waals surface area contributed by atoms with Crippen LogP contribution >= 0.6 is 0 Å². The molecular formula is C50H57N3O7. The predicted molar refractivity (Wildman–Crippen MR) is 231 cm³/mol. The van der Waals surface area contributed by atoms with Gasteiger partial charge in [-0.1, -0.05) is 133 Å². The minimum Gasteiger partial charge on any atom is -0.497 e. The van der Waals surface area contributed by atoms with Crippen molar-refractivity contribution < 1.29 is 33.2 Å². The van der Waals surface area contributed by atoms with Crippen molar-refractivity contribution >= 4 is 0 Å². The minimum atomic E-state index is -0.776. The number of ether oxygens (including phenoxy) is 7. The molecule has 0 radical (unpaired) electrons. The average Bonchev–Trinajstić information content (AvgIpc) is 3.79.